The van der Waals surface area contributed by atoms with Crippen molar-refractivity contribution in [2.75, 3.05) is 0 Å². The number of hydrogen-bond donors (Lipinski definition) is 0. The molecule has 1 unspecified atom stereocenters. The van der Waals surface area contributed by atoms with Gasteiger partial charge in [0.15, 0.2) is 0 Å². The summed E-state index contributed by atoms with van der Waals surface area (Å²) in [7, 11) is 0. The second-order valence-electron chi connectivity index (χ2n) is 3.92. The second-order valence-corrected chi connectivity index (χ2v) is 5.70. The molecule has 0 aliphatic carbocycles. The Kier molecular flexibility index (Phi) is 4.13. The van der Waals surface area contributed by atoms with E-state index in [0.29, 0.717) is 5.02 Å². The topological polar surface area (TPSA) is 0 Å². The van der Waals surface area contributed by atoms with Gasteiger partial charge in [0.1, 0.15) is 0 Å². The standard InChI is InChI=1S/C14H11BrCl2/c1-9-2-7-12(16)8-13(9)14(17)10-3-5-11(15)6-4-10/h2-8,14H,1H3. The Labute approximate surface area is 120 Å². The van der Waals surface area contributed by atoms with Crippen LogP contribution in [-0.4, -0.2) is 0 Å². The number of rotatable bonds is 2. The molecule has 0 N–H and O–H groups in total. The summed E-state index contributed by atoms with van der Waals surface area (Å²) in [5, 5.41) is 0.551. The first kappa shape index (κ1) is 12.9. The molecule has 0 bridgehead atoms. The molecule has 3 heteroatoms. The molecule has 0 heterocycles. The van der Waals surface area contributed by atoms with Gasteiger partial charge in [-0.3, -0.25) is 0 Å². The molecule has 88 valence electrons. The van der Waals surface area contributed by atoms with E-state index in [0.717, 1.165) is 21.2 Å². The van der Waals surface area contributed by atoms with E-state index >= 15 is 0 Å². The predicted octanol–water partition coefficient (Wildman–Crippen LogP) is 5.74. The summed E-state index contributed by atoms with van der Waals surface area (Å²) in [5.41, 5.74) is 3.28. The fourth-order valence-electron chi connectivity index (χ4n) is 1.70. The molecule has 0 saturated carbocycles. The quantitative estimate of drug-likeness (QED) is 0.616. The van der Waals surface area contributed by atoms with E-state index in [-0.39, 0.29) is 5.38 Å². The van der Waals surface area contributed by atoms with Gasteiger partial charge in [-0.05, 0) is 47.9 Å². The van der Waals surface area contributed by atoms with Crippen LogP contribution in [0.25, 0.3) is 0 Å². The van der Waals surface area contributed by atoms with Gasteiger partial charge in [-0.25, -0.2) is 0 Å². The minimum absolute atomic E-state index is 0.165. The second kappa shape index (κ2) is 5.43. The third-order valence-corrected chi connectivity index (χ3v) is 3.93. The zero-order chi connectivity index (χ0) is 12.4. The van der Waals surface area contributed by atoms with Crippen LogP contribution in [0.15, 0.2) is 46.9 Å². The number of aryl methyl sites for hydroxylation is 1. The smallest absolute Gasteiger partial charge is 0.0838 e. The summed E-state index contributed by atoms with van der Waals surface area (Å²) < 4.78 is 1.05. The first-order valence-electron chi connectivity index (χ1n) is 5.23. The molecule has 0 amide bonds. The lowest BCUT2D eigenvalue weighted by Gasteiger charge is -2.13. The minimum Gasteiger partial charge on any atom is -0.113 e. The molecule has 2 rings (SSSR count). The Bertz CT molecular complexity index is 520. The van der Waals surface area contributed by atoms with E-state index in [4.69, 9.17) is 23.2 Å². The molecule has 1 atom stereocenters. The molecular weight excluding hydrogens is 319 g/mol. The number of hydrogen-bond acceptors (Lipinski definition) is 0. The highest BCUT2D eigenvalue weighted by atomic mass is 79.9. The largest absolute Gasteiger partial charge is 0.113 e. The molecule has 0 nitrogen and oxygen atoms in total. The van der Waals surface area contributed by atoms with Crippen LogP contribution in [0, 0.1) is 6.92 Å². The SMILES string of the molecule is Cc1ccc(Cl)cc1C(Cl)c1ccc(Br)cc1. The number of halogens is 3. The summed E-state index contributed by atoms with van der Waals surface area (Å²) in [5.74, 6) is 0. The summed E-state index contributed by atoms with van der Waals surface area (Å²) in [6, 6.07) is 13.8. The van der Waals surface area contributed by atoms with Gasteiger partial charge in [-0.1, -0.05) is 45.7 Å². The maximum Gasteiger partial charge on any atom is 0.0838 e. The van der Waals surface area contributed by atoms with Crippen LogP contribution in [0.5, 0.6) is 0 Å². The Balaban J connectivity index is 2.39. The first-order chi connectivity index (χ1) is 8.08. The lowest BCUT2D eigenvalue weighted by Crippen LogP contribution is -1.96. The van der Waals surface area contributed by atoms with Crippen LogP contribution >= 0.6 is 39.1 Å². The van der Waals surface area contributed by atoms with Gasteiger partial charge >= 0.3 is 0 Å². The Morgan fingerprint density at radius 2 is 1.71 bits per heavy atom. The third-order valence-electron chi connectivity index (χ3n) is 2.68. The van der Waals surface area contributed by atoms with Crippen molar-refractivity contribution >= 4 is 39.1 Å². The van der Waals surface area contributed by atoms with Crippen molar-refractivity contribution < 1.29 is 0 Å². The first-order valence-corrected chi connectivity index (χ1v) is 6.84. The summed E-state index contributed by atoms with van der Waals surface area (Å²) in [4.78, 5) is 0. The maximum atomic E-state index is 6.49. The minimum atomic E-state index is -0.165. The lowest BCUT2D eigenvalue weighted by atomic mass is 10.0. The normalized spacial score (nSPS) is 12.5. The highest BCUT2D eigenvalue weighted by Gasteiger charge is 2.13. The Morgan fingerprint density at radius 1 is 1.06 bits per heavy atom. The molecule has 17 heavy (non-hydrogen) atoms. The molecule has 0 saturated heterocycles. The van der Waals surface area contributed by atoms with E-state index in [9.17, 15) is 0 Å². The van der Waals surface area contributed by atoms with Gasteiger partial charge < -0.3 is 0 Å². The lowest BCUT2D eigenvalue weighted by molar-refractivity contribution is 1.11. The van der Waals surface area contributed by atoms with Gasteiger partial charge in [-0.2, -0.15) is 0 Å². The molecule has 2 aromatic carbocycles. The fraction of sp³-hybridized carbons (Fsp3) is 0.143. The van der Waals surface area contributed by atoms with Crippen LogP contribution in [0.1, 0.15) is 22.1 Å². The zero-order valence-corrected chi connectivity index (χ0v) is 12.4. The molecule has 0 radical (unpaired) electrons. The number of alkyl halides is 1. The van der Waals surface area contributed by atoms with Gasteiger partial charge in [0.05, 0.1) is 5.38 Å². The van der Waals surface area contributed by atoms with Gasteiger partial charge in [0.2, 0.25) is 0 Å². The van der Waals surface area contributed by atoms with E-state index in [1.54, 1.807) is 0 Å². The maximum absolute atomic E-state index is 6.49. The Morgan fingerprint density at radius 3 is 2.35 bits per heavy atom. The molecule has 0 spiro atoms. The van der Waals surface area contributed by atoms with Crippen molar-refractivity contribution in [3.8, 4) is 0 Å². The molecular formula is C14H11BrCl2. The van der Waals surface area contributed by atoms with E-state index < -0.39 is 0 Å². The molecule has 0 aliphatic heterocycles. The fourth-order valence-corrected chi connectivity index (χ4v) is 2.52. The average molecular weight is 330 g/mol. The molecule has 0 fully saturated rings. The molecule has 0 aromatic heterocycles. The van der Waals surface area contributed by atoms with Crippen LogP contribution in [0.4, 0.5) is 0 Å². The van der Waals surface area contributed by atoms with Crippen LogP contribution < -0.4 is 0 Å². The molecule has 2 aromatic rings. The van der Waals surface area contributed by atoms with E-state index in [1.807, 2.05) is 49.4 Å². The van der Waals surface area contributed by atoms with Crippen molar-refractivity contribution in [1.82, 2.24) is 0 Å². The summed E-state index contributed by atoms with van der Waals surface area (Å²) in [6.45, 7) is 2.04. The van der Waals surface area contributed by atoms with Crippen LogP contribution in [-0.2, 0) is 0 Å². The van der Waals surface area contributed by atoms with E-state index in [2.05, 4.69) is 15.9 Å². The van der Waals surface area contributed by atoms with Crippen LogP contribution in [0.3, 0.4) is 0 Å². The monoisotopic (exact) mass is 328 g/mol. The highest BCUT2D eigenvalue weighted by molar-refractivity contribution is 9.10. The zero-order valence-electron chi connectivity index (χ0n) is 9.25. The van der Waals surface area contributed by atoms with Crippen molar-refractivity contribution in [3.63, 3.8) is 0 Å². The van der Waals surface area contributed by atoms with Crippen molar-refractivity contribution in [2.24, 2.45) is 0 Å². The van der Waals surface area contributed by atoms with E-state index in [1.165, 1.54) is 0 Å². The van der Waals surface area contributed by atoms with Crippen molar-refractivity contribution in [2.45, 2.75) is 12.3 Å². The van der Waals surface area contributed by atoms with Gasteiger partial charge in [-0.15, -0.1) is 11.6 Å². The van der Waals surface area contributed by atoms with Crippen molar-refractivity contribution in [3.05, 3.63) is 68.7 Å². The third kappa shape index (κ3) is 3.04. The van der Waals surface area contributed by atoms with Crippen molar-refractivity contribution in [1.29, 1.82) is 0 Å². The van der Waals surface area contributed by atoms with Gasteiger partial charge in [0, 0.05) is 9.50 Å². The average Bonchev–Trinajstić information content (AvgIpc) is 2.32. The van der Waals surface area contributed by atoms with Gasteiger partial charge in [0.25, 0.3) is 0 Å². The number of benzene rings is 2. The summed E-state index contributed by atoms with van der Waals surface area (Å²) >= 11 is 15.9. The molecule has 0 aliphatic rings. The summed E-state index contributed by atoms with van der Waals surface area (Å²) in [6.07, 6.45) is 0. The highest BCUT2D eigenvalue weighted by Crippen LogP contribution is 2.33. The predicted molar refractivity (Wildman–Crippen MR) is 78.0 cm³/mol. The Hall–Kier alpha value is -0.500. The van der Waals surface area contributed by atoms with Crippen LogP contribution in [0.2, 0.25) is 5.02 Å².